The fourth-order valence-corrected chi connectivity index (χ4v) is 4.32. The zero-order chi connectivity index (χ0) is 27.3. The van der Waals surface area contributed by atoms with Gasteiger partial charge >= 0.3 is 12.1 Å². The van der Waals surface area contributed by atoms with Gasteiger partial charge in [0.2, 0.25) is 6.10 Å². The van der Waals surface area contributed by atoms with Gasteiger partial charge in [0.25, 0.3) is 11.8 Å². The molecule has 1 aliphatic rings. The number of nitrogens with zero attached hydrogens (tertiary/aromatic N) is 2. The van der Waals surface area contributed by atoms with Crippen molar-refractivity contribution < 1.29 is 37.0 Å². The molecule has 2 amide bonds. The molecule has 0 bridgehead atoms. The number of likely N-dealkylation sites (tertiary alicyclic amines) is 1. The van der Waals surface area contributed by atoms with Crippen LogP contribution >= 0.6 is 0 Å². The van der Waals surface area contributed by atoms with Gasteiger partial charge in [0.05, 0.1) is 18.2 Å². The number of methoxy groups -OCH3 is 1. The highest BCUT2D eigenvalue weighted by atomic mass is 19.4. The van der Waals surface area contributed by atoms with E-state index in [1.807, 2.05) is 0 Å². The van der Waals surface area contributed by atoms with Crippen molar-refractivity contribution in [3.63, 3.8) is 0 Å². The van der Waals surface area contributed by atoms with Crippen LogP contribution in [-0.2, 0) is 20.5 Å². The highest BCUT2D eigenvalue weighted by Crippen LogP contribution is 2.42. The first-order valence-electron chi connectivity index (χ1n) is 11.4. The van der Waals surface area contributed by atoms with E-state index >= 15 is 0 Å². The van der Waals surface area contributed by atoms with Crippen molar-refractivity contribution in [1.29, 1.82) is 0 Å². The molecule has 0 aromatic heterocycles. The summed E-state index contributed by atoms with van der Waals surface area (Å²) in [6, 6.07) is 10.3. The number of piperidine rings is 1. The highest BCUT2D eigenvalue weighted by molar-refractivity contribution is 6.04. The van der Waals surface area contributed by atoms with Gasteiger partial charge in [0.1, 0.15) is 5.75 Å². The number of esters is 1. The van der Waals surface area contributed by atoms with E-state index in [2.05, 4.69) is 4.99 Å². The molecule has 1 saturated heterocycles. The third-order valence-corrected chi connectivity index (χ3v) is 5.99. The molecule has 3 rings (SSSR count). The molecule has 9 nitrogen and oxygen atoms in total. The van der Waals surface area contributed by atoms with Gasteiger partial charge < -0.3 is 25.8 Å². The number of carbonyl (C=O) groups excluding carboxylic acids is 3. The van der Waals surface area contributed by atoms with E-state index < -0.39 is 53.1 Å². The van der Waals surface area contributed by atoms with E-state index in [9.17, 15) is 27.6 Å². The zero-order valence-electron chi connectivity index (χ0n) is 20.2. The Kier molecular flexibility index (Phi) is 8.41. The normalized spacial score (nSPS) is 15.0. The van der Waals surface area contributed by atoms with Crippen molar-refractivity contribution in [3.8, 4) is 5.75 Å². The Morgan fingerprint density at radius 3 is 2.22 bits per heavy atom. The molecule has 198 valence electrons. The molecule has 0 radical (unpaired) electrons. The van der Waals surface area contributed by atoms with Gasteiger partial charge in [-0.1, -0.05) is 30.3 Å². The second-order valence-corrected chi connectivity index (χ2v) is 8.48. The number of alkyl halides is 3. The van der Waals surface area contributed by atoms with Crippen molar-refractivity contribution in [3.05, 3.63) is 64.7 Å². The van der Waals surface area contributed by atoms with E-state index in [0.717, 1.165) is 0 Å². The van der Waals surface area contributed by atoms with Crippen LogP contribution in [0.2, 0.25) is 0 Å². The smallest absolute Gasteiger partial charge is 0.416 e. The molecule has 1 heterocycles. The van der Waals surface area contributed by atoms with Crippen LogP contribution in [0.15, 0.2) is 47.5 Å². The number of carbonyl (C=O) groups is 3. The van der Waals surface area contributed by atoms with Crippen LogP contribution in [0.3, 0.4) is 0 Å². The predicted molar refractivity (Wildman–Crippen MR) is 128 cm³/mol. The minimum atomic E-state index is -4.77. The van der Waals surface area contributed by atoms with E-state index in [4.69, 9.17) is 20.9 Å². The molecule has 2 aromatic carbocycles. The number of rotatable bonds is 6. The van der Waals surface area contributed by atoms with Crippen molar-refractivity contribution >= 4 is 23.7 Å². The van der Waals surface area contributed by atoms with Crippen LogP contribution in [0.1, 0.15) is 58.8 Å². The molecule has 37 heavy (non-hydrogen) atoms. The second kappa shape index (κ2) is 11.3. The Labute approximate surface area is 211 Å². The fourth-order valence-electron chi connectivity index (χ4n) is 4.32. The summed E-state index contributed by atoms with van der Waals surface area (Å²) in [4.78, 5) is 41.9. The predicted octanol–water partition coefficient (Wildman–Crippen LogP) is 3.14. The average molecular weight is 521 g/mol. The lowest BCUT2D eigenvalue weighted by Gasteiger charge is -2.35. The summed E-state index contributed by atoms with van der Waals surface area (Å²) in [5.74, 6) is -3.42. The first kappa shape index (κ1) is 27.5. The second-order valence-electron chi connectivity index (χ2n) is 8.48. The van der Waals surface area contributed by atoms with Gasteiger partial charge in [-0.2, -0.15) is 18.2 Å². The Morgan fingerprint density at radius 1 is 1.08 bits per heavy atom. The first-order valence-corrected chi connectivity index (χ1v) is 11.4. The lowest BCUT2D eigenvalue weighted by atomic mass is 9.85. The minimum Gasteiger partial charge on any atom is -0.496 e. The van der Waals surface area contributed by atoms with Crippen molar-refractivity contribution in [2.24, 2.45) is 16.5 Å². The SMILES string of the molecule is COc1cc(C2CCN(C(=O)[C@H](OC(C)=O)c3ccccc3)CC2)c(C(F)(F)F)cc1C(=O)N=C(N)N. The first-order chi connectivity index (χ1) is 17.4. The Balaban J connectivity index is 1.87. The summed E-state index contributed by atoms with van der Waals surface area (Å²) in [6.07, 6.45) is -5.50. The van der Waals surface area contributed by atoms with Crippen molar-refractivity contribution in [2.75, 3.05) is 20.2 Å². The quantitative estimate of drug-likeness (QED) is 0.339. The van der Waals surface area contributed by atoms with Gasteiger partial charge in [-0.25, -0.2) is 0 Å². The summed E-state index contributed by atoms with van der Waals surface area (Å²) in [6.45, 7) is 1.48. The van der Waals surface area contributed by atoms with Gasteiger partial charge in [-0.15, -0.1) is 0 Å². The molecule has 2 aromatic rings. The van der Waals surface area contributed by atoms with Crippen molar-refractivity contribution in [2.45, 2.75) is 38.0 Å². The summed E-state index contributed by atoms with van der Waals surface area (Å²) in [5.41, 5.74) is 9.41. The summed E-state index contributed by atoms with van der Waals surface area (Å²) >= 11 is 0. The maximum absolute atomic E-state index is 14.0. The Hall–Kier alpha value is -4.09. The van der Waals surface area contributed by atoms with E-state index in [0.29, 0.717) is 11.6 Å². The molecule has 0 aliphatic carbocycles. The Bertz CT molecular complexity index is 1190. The number of amides is 2. The van der Waals surface area contributed by atoms with Crippen LogP contribution < -0.4 is 16.2 Å². The topological polar surface area (TPSA) is 137 Å². The van der Waals surface area contributed by atoms with Crippen LogP contribution in [0.25, 0.3) is 0 Å². The van der Waals surface area contributed by atoms with E-state index in [1.165, 1.54) is 25.0 Å². The average Bonchev–Trinajstić information content (AvgIpc) is 2.85. The number of halogens is 3. The summed E-state index contributed by atoms with van der Waals surface area (Å²) < 4.78 is 52.5. The molecule has 1 aliphatic heterocycles. The van der Waals surface area contributed by atoms with Gasteiger partial charge in [-0.05, 0) is 36.5 Å². The van der Waals surface area contributed by atoms with Crippen molar-refractivity contribution in [1.82, 2.24) is 4.90 Å². The maximum Gasteiger partial charge on any atom is 0.416 e. The third-order valence-electron chi connectivity index (χ3n) is 5.99. The maximum atomic E-state index is 14.0. The highest BCUT2D eigenvalue weighted by Gasteiger charge is 2.39. The van der Waals surface area contributed by atoms with E-state index in [-0.39, 0.29) is 37.2 Å². The molecular weight excluding hydrogens is 493 g/mol. The third kappa shape index (κ3) is 6.57. The lowest BCUT2D eigenvalue weighted by molar-refractivity contribution is -0.159. The van der Waals surface area contributed by atoms with Crippen LogP contribution in [0.4, 0.5) is 13.2 Å². The number of benzene rings is 2. The molecular formula is C25H27F3N4O5. The van der Waals surface area contributed by atoms with Crippen LogP contribution in [0.5, 0.6) is 5.75 Å². The standard InChI is InChI=1S/C25H27F3N4O5/c1-14(33)37-21(16-6-4-3-5-7-16)23(35)32-10-8-15(9-11-32)17-13-20(36-2)18(22(34)31-24(29)30)12-19(17)25(26,27)28/h3-7,12-13,15,21H,8-11H2,1-2H3,(H4,29,30,31,34)/t21-/m1/s1. The summed E-state index contributed by atoms with van der Waals surface area (Å²) in [5, 5.41) is 0. The van der Waals surface area contributed by atoms with Crippen LogP contribution in [-0.4, -0.2) is 48.8 Å². The molecule has 1 fully saturated rings. The molecule has 0 spiro atoms. The van der Waals surface area contributed by atoms with Crippen LogP contribution in [0, 0.1) is 0 Å². The van der Waals surface area contributed by atoms with Gasteiger partial charge in [0.15, 0.2) is 5.96 Å². The number of hydrogen-bond donors (Lipinski definition) is 2. The number of hydrogen-bond acceptors (Lipinski definition) is 5. The number of guanidine groups is 1. The lowest BCUT2D eigenvalue weighted by Crippen LogP contribution is -2.41. The number of nitrogens with two attached hydrogens (primary N) is 2. The number of ether oxygens (including phenoxy) is 2. The van der Waals surface area contributed by atoms with Gasteiger partial charge in [-0.3, -0.25) is 14.4 Å². The Morgan fingerprint density at radius 2 is 1.70 bits per heavy atom. The molecule has 4 N–H and O–H groups in total. The molecule has 0 unspecified atom stereocenters. The molecule has 12 heteroatoms. The fraction of sp³-hybridized carbons (Fsp3) is 0.360. The van der Waals surface area contributed by atoms with E-state index in [1.54, 1.807) is 30.3 Å². The monoisotopic (exact) mass is 520 g/mol. The minimum absolute atomic E-state index is 0.0581. The van der Waals surface area contributed by atoms with Gasteiger partial charge in [0, 0.05) is 25.6 Å². The zero-order valence-corrected chi connectivity index (χ0v) is 20.2. The largest absolute Gasteiger partial charge is 0.496 e. The molecule has 1 atom stereocenters. The summed E-state index contributed by atoms with van der Waals surface area (Å²) in [7, 11) is 1.22. The number of aliphatic imine (C=N–C) groups is 1. The molecule has 0 saturated carbocycles.